The Bertz CT molecular complexity index is 803. The Hall–Kier alpha value is -3.16. The van der Waals surface area contributed by atoms with Gasteiger partial charge in [0.15, 0.2) is 0 Å². The normalized spacial score (nSPS) is 14.9. The van der Waals surface area contributed by atoms with Crippen molar-refractivity contribution in [3.63, 3.8) is 0 Å². The van der Waals surface area contributed by atoms with Crippen LogP contribution >= 0.6 is 0 Å². The smallest absolute Gasteiger partial charge is 0.414 e. The molecule has 0 saturated carbocycles. The van der Waals surface area contributed by atoms with Crippen LogP contribution in [0.4, 0.5) is 0 Å². The van der Waals surface area contributed by atoms with Gasteiger partial charge >= 0.3 is 11.9 Å². The van der Waals surface area contributed by atoms with E-state index in [1.807, 2.05) is 24.3 Å². The zero-order chi connectivity index (χ0) is 21.1. The lowest BCUT2D eigenvalue weighted by molar-refractivity contribution is -0.159. The number of nitrogens with zero attached hydrogens (tertiary/aromatic N) is 2. The van der Waals surface area contributed by atoms with Gasteiger partial charge in [-0.15, -0.1) is 0 Å². The predicted molar refractivity (Wildman–Crippen MR) is 111 cm³/mol. The van der Waals surface area contributed by atoms with Crippen molar-refractivity contribution in [2.75, 3.05) is 32.7 Å². The molecule has 29 heavy (non-hydrogen) atoms. The summed E-state index contributed by atoms with van der Waals surface area (Å²) >= 11 is 0. The fourth-order valence-corrected chi connectivity index (χ4v) is 2.92. The number of hydrogen-bond acceptors (Lipinski definition) is 5. The summed E-state index contributed by atoms with van der Waals surface area (Å²) in [6, 6.07) is 18.1. The molecular weight excluding hydrogens is 372 g/mol. The fourth-order valence-electron chi connectivity index (χ4n) is 2.92. The molecule has 0 bridgehead atoms. The lowest BCUT2D eigenvalue weighted by atomic mass is 10.1. The first-order chi connectivity index (χ1) is 14.0. The minimum absolute atomic E-state index is 0.403. The van der Waals surface area contributed by atoms with Gasteiger partial charge in [0.05, 0.1) is 0 Å². The summed E-state index contributed by atoms with van der Waals surface area (Å²) < 4.78 is 0. The van der Waals surface area contributed by atoms with Crippen molar-refractivity contribution in [2.45, 2.75) is 6.54 Å². The van der Waals surface area contributed by atoms with Gasteiger partial charge < -0.3 is 15.3 Å². The largest absolute Gasteiger partial charge is 0.508 e. The second kappa shape index (κ2) is 11.6. The molecule has 0 radical (unpaired) electrons. The van der Waals surface area contributed by atoms with E-state index in [2.05, 4.69) is 46.2 Å². The molecule has 1 heterocycles. The maximum atomic E-state index is 9.87. The number of piperazine rings is 1. The summed E-state index contributed by atoms with van der Waals surface area (Å²) in [6.45, 7) is 6.08. The summed E-state index contributed by atoms with van der Waals surface area (Å²) in [5, 5.41) is 24.7. The molecule has 0 spiro atoms. The molecule has 0 unspecified atom stereocenters. The Morgan fingerprint density at radius 3 is 1.97 bits per heavy atom. The van der Waals surface area contributed by atoms with Gasteiger partial charge in [0.1, 0.15) is 5.75 Å². The van der Waals surface area contributed by atoms with E-state index in [9.17, 15) is 5.11 Å². The van der Waals surface area contributed by atoms with Crippen LogP contribution in [0, 0.1) is 0 Å². The third kappa shape index (κ3) is 8.16. The first-order valence-electron chi connectivity index (χ1n) is 9.35. The predicted octanol–water partition coefficient (Wildman–Crippen LogP) is 2.38. The Labute approximate surface area is 170 Å². The van der Waals surface area contributed by atoms with Gasteiger partial charge in [-0.25, -0.2) is 9.59 Å². The van der Waals surface area contributed by atoms with Crippen LogP contribution in [0.2, 0.25) is 0 Å². The van der Waals surface area contributed by atoms with E-state index in [1.54, 1.807) is 6.07 Å². The standard InChI is InChI=1S/C20H24N2O.C2H2O4/c23-20-11-5-4-10-19(20)17-22-15-13-21(14-16-22)12-6-9-18-7-2-1-3-8-18;3-1(4)2(5)6/h1-11,23H,12-17H2;(H,3,4)(H,5,6). The number of benzene rings is 2. The summed E-state index contributed by atoms with van der Waals surface area (Å²) in [5.74, 6) is -3.24. The molecule has 1 aliphatic heterocycles. The van der Waals surface area contributed by atoms with Gasteiger partial charge in [0.25, 0.3) is 0 Å². The minimum Gasteiger partial charge on any atom is -0.508 e. The van der Waals surface area contributed by atoms with Crippen molar-refractivity contribution in [1.29, 1.82) is 0 Å². The number of aliphatic carboxylic acids is 2. The lowest BCUT2D eigenvalue weighted by Gasteiger charge is -2.34. The number of carbonyl (C=O) groups is 2. The molecule has 0 amide bonds. The SMILES string of the molecule is O=C(O)C(=O)O.Oc1ccccc1CN1CCN(CC=Cc2ccccc2)CC1. The van der Waals surface area contributed by atoms with Crippen molar-refractivity contribution in [3.8, 4) is 5.75 Å². The highest BCUT2D eigenvalue weighted by molar-refractivity contribution is 6.27. The van der Waals surface area contributed by atoms with Crippen LogP contribution in [0.15, 0.2) is 60.7 Å². The third-order valence-corrected chi connectivity index (χ3v) is 4.51. The van der Waals surface area contributed by atoms with E-state index in [0.29, 0.717) is 5.75 Å². The highest BCUT2D eigenvalue weighted by Crippen LogP contribution is 2.18. The second-order valence-corrected chi connectivity index (χ2v) is 6.63. The Kier molecular flexibility index (Phi) is 8.88. The average molecular weight is 398 g/mol. The highest BCUT2D eigenvalue weighted by Gasteiger charge is 2.16. The summed E-state index contributed by atoms with van der Waals surface area (Å²) in [7, 11) is 0. The van der Waals surface area contributed by atoms with Crippen molar-refractivity contribution in [1.82, 2.24) is 9.80 Å². The lowest BCUT2D eigenvalue weighted by Crippen LogP contribution is -2.45. The summed E-state index contributed by atoms with van der Waals surface area (Å²) in [6.07, 6.45) is 4.43. The quantitative estimate of drug-likeness (QED) is 0.665. The monoisotopic (exact) mass is 398 g/mol. The number of carboxylic acids is 2. The van der Waals surface area contributed by atoms with Crippen LogP contribution in [0.3, 0.4) is 0 Å². The van der Waals surface area contributed by atoms with E-state index >= 15 is 0 Å². The number of hydrogen-bond donors (Lipinski definition) is 3. The summed E-state index contributed by atoms with van der Waals surface area (Å²) in [5.41, 5.74) is 2.27. The molecule has 0 aliphatic carbocycles. The van der Waals surface area contributed by atoms with Crippen LogP contribution in [0.1, 0.15) is 11.1 Å². The number of aromatic hydroxyl groups is 1. The Balaban J connectivity index is 0.000000438. The van der Waals surface area contributed by atoms with Crippen LogP contribution < -0.4 is 0 Å². The number of para-hydroxylation sites is 1. The zero-order valence-electron chi connectivity index (χ0n) is 16.1. The molecule has 154 valence electrons. The minimum atomic E-state index is -1.82. The molecule has 2 aromatic carbocycles. The fraction of sp³-hybridized carbons (Fsp3) is 0.273. The molecule has 0 atom stereocenters. The van der Waals surface area contributed by atoms with Gasteiger partial charge in [-0.05, 0) is 11.6 Å². The average Bonchev–Trinajstić information content (AvgIpc) is 2.72. The van der Waals surface area contributed by atoms with Gasteiger partial charge in [-0.3, -0.25) is 9.80 Å². The molecule has 7 heteroatoms. The Morgan fingerprint density at radius 2 is 1.38 bits per heavy atom. The molecule has 1 fully saturated rings. The van der Waals surface area contributed by atoms with Crippen LogP contribution in [0.25, 0.3) is 6.08 Å². The van der Waals surface area contributed by atoms with Gasteiger partial charge in [0.2, 0.25) is 0 Å². The van der Waals surface area contributed by atoms with E-state index in [1.165, 1.54) is 5.56 Å². The number of rotatable bonds is 5. The molecule has 7 nitrogen and oxygen atoms in total. The van der Waals surface area contributed by atoms with Crippen LogP contribution in [-0.4, -0.2) is 69.8 Å². The van der Waals surface area contributed by atoms with Gasteiger partial charge in [-0.2, -0.15) is 0 Å². The van der Waals surface area contributed by atoms with Crippen molar-refractivity contribution in [2.24, 2.45) is 0 Å². The molecular formula is C22H26N2O5. The third-order valence-electron chi connectivity index (χ3n) is 4.51. The van der Waals surface area contributed by atoms with Crippen molar-refractivity contribution < 1.29 is 24.9 Å². The molecule has 3 rings (SSSR count). The molecule has 0 aromatic heterocycles. The van der Waals surface area contributed by atoms with E-state index in [4.69, 9.17) is 19.8 Å². The first kappa shape index (κ1) is 22.1. The molecule has 2 aromatic rings. The van der Waals surface area contributed by atoms with Crippen LogP contribution in [-0.2, 0) is 16.1 Å². The van der Waals surface area contributed by atoms with E-state index in [0.717, 1.165) is 44.8 Å². The van der Waals surface area contributed by atoms with Gasteiger partial charge in [-0.1, -0.05) is 60.7 Å². The molecule has 3 N–H and O–H groups in total. The Morgan fingerprint density at radius 1 is 0.828 bits per heavy atom. The van der Waals surface area contributed by atoms with Gasteiger partial charge in [0, 0.05) is 44.8 Å². The molecule has 1 saturated heterocycles. The van der Waals surface area contributed by atoms with Crippen LogP contribution in [0.5, 0.6) is 5.75 Å². The second-order valence-electron chi connectivity index (χ2n) is 6.63. The van der Waals surface area contributed by atoms with Crippen molar-refractivity contribution >= 4 is 18.0 Å². The highest BCUT2D eigenvalue weighted by atomic mass is 16.4. The maximum absolute atomic E-state index is 9.87. The van der Waals surface area contributed by atoms with Crippen molar-refractivity contribution in [3.05, 3.63) is 71.8 Å². The number of phenols is 1. The maximum Gasteiger partial charge on any atom is 0.414 e. The summed E-state index contributed by atoms with van der Waals surface area (Å²) in [4.78, 5) is 23.1. The first-order valence-corrected chi connectivity index (χ1v) is 9.35. The topological polar surface area (TPSA) is 101 Å². The number of carboxylic acid groups (broad SMARTS) is 2. The number of phenolic OH excluding ortho intramolecular Hbond substituents is 1. The van der Waals surface area contributed by atoms with E-state index < -0.39 is 11.9 Å². The van der Waals surface area contributed by atoms with E-state index in [-0.39, 0.29) is 0 Å². The zero-order valence-corrected chi connectivity index (χ0v) is 16.1. The molecule has 1 aliphatic rings.